The van der Waals surface area contributed by atoms with Gasteiger partial charge in [0.2, 0.25) is 5.91 Å². The average molecular weight is 385 g/mol. The molecule has 144 valence electrons. The highest BCUT2D eigenvalue weighted by Crippen LogP contribution is 2.29. The summed E-state index contributed by atoms with van der Waals surface area (Å²) < 4.78 is 37.7. The van der Waals surface area contributed by atoms with Gasteiger partial charge in [-0.15, -0.1) is 0 Å². The lowest BCUT2D eigenvalue weighted by Crippen LogP contribution is -2.23. The number of aryl methyl sites for hydroxylation is 1. The smallest absolute Gasteiger partial charge is 0.352 e. The van der Waals surface area contributed by atoms with Crippen LogP contribution >= 0.6 is 0 Å². The van der Waals surface area contributed by atoms with Crippen molar-refractivity contribution in [2.75, 3.05) is 0 Å². The van der Waals surface area contributed by atoms with Gasteiger partial charge in [0.15, 0.2) is 0 Å². The number of nitrogens with one attached hydrogen (secondary N) is 1. The number of amides is 1. The monoisotopic (exact) mass is 385 g/mol. The van der Waals surface area contributed by atoms with Crippen molar-refractivity contribution in [3.8, 4) is 11.3 Å². The lowest BCUT2D eigenvalue weighted by Gasteiger charge is -2.10. The van der Waals surface area contributed by atoms with E-state index in [4.69, 9.17) is 0 Å². The van der Waals surface area contributed by atoms with Gasteiger partial charge in [-0.3, -0.25) is 14.8 Å². The van der Waals surface area contributed by atoms with E-state index in [2.05, 4.69) is 15.3 Å². The van der Waals surface area contributed by atoms with Crippen molar-refractivity contribution in [2.45, 2.75) is 25.6 Å². The second-order valence-electron chi connectivity index (χ2n) is 6.22. The molecule has 0 aliphatic heterocycles. The Morgan fingerprint density at radius 1 is 1.00 bits per heavy atom. The van der Waals surface area contributed by atoms with E-state index in [9.17, 15) is 18.0 Å². The zero-order chi connectivity index (χ0) is 20.0. The predicted octanol–water partition coefficient (Wildman–Crippen LogP) is 4.41. The van der Waals surface area contributed by atoms with Crippen molar-refractivity contribution in [2.24, 2.45) is 0 Å². The van der Waals surface area contributed by atoms with E-state index in [0.717, 1.165) is 29.0 Å². The van der Waals surface area contributed by atoms with E-state index in [-0.39, 0.29) is 12.3 Å². The minimum absolute atomic E-state index is 0.180. The van der Waals surface area contributed by atoms with Gasteiger partial charge in [-0.25, -0.2) is 0 Å². The quantitative estimate of drug-likeness (QED) is 0.684. The highest BCUT2D eigenvalue weighted by molar-refractivity contribution is 5.76. The van der Waals surface area contributed by atoms with Crippen LogP contribution in [0.3, 0.4) is 0 Å². The number of rotatable bonds is 6. The first-order valence-corrected chi connectivity index (χ1v) is 8.70. The van der Waals surface area contributed by atoms with Crippen molar-refractivity contribution in [1.29, 1.82) is 0 Å². The molecule has 0 unspecified atom stereocenters. The summed E-state index contributed by atoms with van der Waals surface area (Å²) in [6.45, 7) is 0.309. The van der Waals surface area contributed by atoms with Crippen LogP contribution in [0.25, 0.3) is 11.3 Å². The fourth-order valence-electron chi connectivity index (χ4n) is 2.74. The summed E-state index contributed by atoms with van der Waals surface area (Å²) in [6, 6.07) is 12.2. The maximum absolute atomic E-state index is 12.6. The molecule has 1 amide bonds. The number of pyridine rings is 2. The van der Waals surface area contributed by atoms with Gasteiger partial charge >= 0.3 is 6.18 Å². The van der Waals surface area contributed by atoms with Crippen LogP contribution in [-0.2, 0) is 23.9 Å². The molecule has 0 bridgehead atoms. The normalized spacial score (nSPS) is 11.2. The van der Waals surface area contributed by atoms with Crippen LogP contribution in [0.4, 0.5) is 13.2 Å². The molecule has 1 aromatic carbocycles. The molecule has 1 N–H and O–H groups in total. The molecule has 2 aromatic heterocycles. The van der Waals surface area contributed by atoms with Crippen LogP contribution in [0.1, 0.15) is 23.1 Å². The molecule has 3 aromatic rings. The van der Waals surface area contributed by atoms with Crippen LogP contribution in [0.15, 0.2) is 67.1 Å². The number of aromatic nitrogens is 2. The Kier molecular flexibility index (Phi) is 6.03. The molecule has 0 atom stereocenters. The first-order valence-electron chi connectivity index (χ1n) is 8.70. The number of benzene rings is 1. The zero-order valence-corrected chi connectivity index (χ0v) is 14.9. The molecule has 28 heavy (non-hydrogen) atoms. The van der Waals surface area contributed by atoms with E-state index in [1.807, 2.05) is 18.2 Å². The van der Waals surface area contributed by atoms with Gasteiger partial charge in [0.25, 0.3) is 0 Å². The summed E-state index contributed by atoms with van der Waals surface area (Å²) in [7, 11) is 0. The predicted molar refractivity (Wildman–Crippen MR) is 99.1 cm³/mol. The number of alkyl halides is 3. The molecule has 0 saturated carbocycles. The molecule has 3 rings (SSSR count). The molecule has 4 nitrogen and oxygen atoms in total. The maximum atomic E-state index is 12.6. The maximum Gasteiger partial charge on any atom is 0.416 e. The summed E-state index contributed by atoms with van der Waals surface area (Å²) in [5.41, 5.74) is 2.45. The Morgan fingerprint density at radius 2 is 1.75 bits per heavy atom. The molecule has 0 saturated heterocycles. The Bertz CT molecular complexity index is 926. The van der Waals surface area contributed by atoms with Gasteiger partial charge in [0, 0.05) is 37.1 Å². The van der Waals surface area contributed by atoms with Crippen molar-refractivity contribution in [3.05, 3.63) is 83.8 Å². The summed E-state index contributed by atoms with van der Waals surface area (Å²) >= 11 is 0. The summed E-state index contributed by atoms with van der Waals surface area (Å²) in [4.78, 5) is 20.6. The number of hydrogen-bond acceptors (Lipinski definition) is 3. The van der Waals surface area contributed by atoms with E-state index in [0.29, 0.717) is 18.5 Å². The van der Waals surface area contributed by atoms with Gasteiger partial charge in [-0.05, 0) is 47.9 Å². The number of nitrogens with zero attached hydrogens (tertiary/aromatic N) is 2. The fraction of sp³-hybridized carbons (Fsp3) is 0.190. The Balaban J connectivity index is 1.55. The lowest BCUT2D eigenvalue weighted by molar-refractivity contribution is -0.137. The first kappa shape index (κ1) is 19.5. The zero-order valence-electron chi connectivity index (χ0n) is 14.9. The largest absolute Gasteiger partial charge is 0.416 e. The molecule has 7 heteroatoms. The molecule has 0 radical (unpaired) electrons. The Hall–Kier alpha value is -3.22. The van der Waals surface area contributed by atoms with Crippen LogP contribution in [0.5, 0.6) is 0 Å². The SMILES string of the molecule is O=C(CCc1ccc(C(F)(F)F)cc1)NCc1cccnc1-c1cccnc1. The second kappa shape index (κ2) is 8.65. The van der Waals surface area contributed by atoms with Crippen LogP contribution < -0.4 is 5.32 Å². The minimum atomic E-state index is -4.36. The third-order valence-electron chi connectivity index (χ3n) is 4.22. The highest BCUT2D eigenvalue weighted by atomic mass is 19.4. The molecule has 0 aliphatic rings. The number of hydrogen-bond donors (Lipinski definition) is 1. The van der Waals surface area contributed by atoms with E-state index < -0.39 is 11.7 Å². The number of halogens is 3. The van der Waals surface area contributed by atoms with Gasteiger partial charge in [0.1, 0.15) is 0 Å². The van der Waals surface area contributed by atoms with Crippen LogP contribution in [0, 0.1) is 0 Å². The molecular formula is C21H18F3N3O. The van der Waals surface area contributed by atoms with Gasteiger partial charge in [-0.2, -0.15) is 13.2 Å². The van der Waals surface area contributed by atoms with Gasteiger partial charge < -0.3 is 5.32 Å². The second-order valence-corrected chi connectivity index (χ2v) is 6.22. The fourth-order valence-corrected chi connectivity index (χ4v) is 2.74. The van der Waals surface area contributed by atoms with Crippen LogP contribution in [0.2, 0.25) is 0 Å². The van der Waals surface area contributed by atoms with Crippen molar-refractivity contribution < 1.29 is 18.0 Å². The average Bonchev–Trinajstić information content (AvgIpc) is 2.71. The van der Waals surface area contributed by atoms with E-state index >= 15 is 0 Å². The van der Waals surface area contributed by atoms with Crippen molar-refractivity contribution in [3.63, 3.8) is 0 Å². The van der Waals surface area contributed by atoms with Crippen molar-refractivity contribution >= 4 is 5.91 Å². The summed E-state index contributed by atoms with van der Waals surface area (Å²) in [5, 5.41) is 2.84. The highest BCUT2D eigenvalue weighted by Gasteiger charge is 2.29. The summed E-state index contributed by atoms with van der Waals surface area (Å²) in [6.07, 6.45) is 1.26. The molecule has 0 spiro atoms. The minimum Gasteiger partial charge on any atom is -0.352 e. The third kappa shape index (κ3) is 5.16. The Labute approximate surface area is 160 Å². The standard InChI is InChI=1S/C21H18F3N3O/c22-21(23,24)18-8-5-15(6-9-18)7-10-19(28)27-14-17-4-2-12-26-20(17)16-3-1-11-25-13-16/h1-6,8-9,11-13H,7,10,14H2,(H,27,28). The van der Waals surface area contributed by atoms with Crippen LogP contribution in [-0.4, -0.2) is 15.9 Å². The molecule has 2 heterocycles. The topological polar surface area (TPSA) is 54.9 Å². The molecular weight excluding hydrogens is 367 g/mol. The lowest BCUT2D eigenvalue weighted by atomic mass is 10.1. The number of carbonyl (C=O) groups is 1. The van der Waals surface area contributed by atoms with Gasteiger partial charge in [-0.1, -0.05) is 18.2 Å². The Morgan fingerprint density at radius 3 is 2.43 bits per heavy atom. The van der Waals surface area contributed by atoms with E-state index in [1.165, 1.54) is 12.1 Å². The molecule has 0 fully saturated rings. The third-order valence-corrected chi connectivity index (χ3v) is 4.22. The van der Waals surface area contributed by atoms with E-state index in [1.54, 1.807) is 24.7 Å². The summed E-state index contributed by atoms with van der Waals surface area (Å²) in [5.74, 6) is -0.180. The molecule has 0 aliphatic carbocycles. The number of carbonyl (C=O) groups excluding carboxylic acids is 1. The van der Waals surface area contributed by atoms with Gasteiger partial charge in [0.05, 0.1) is 11.3 Å². The first-order chi connectivity index (χ1) is 13.4. The van der Waals surface area contributed by atoms with Crippen molar-refractivity contribution in [1.82, 2.24) is 15.3 Å².